The number of rotatable bonds is 2. The number of aromatic nitrogens is 1. The number of nitrogens with one attached hydrogen (secondary N) is 1. The van der Waals surface area contributed by atoms with Crippen molar-refractivity contribution in [1.29, 1.82) is 0 Å². The molecule has 0 amide bonds. The van der Waals surface area contributed by atoms with E-state index >= 15 is 0 Å². The molecule has 0 unspecified atom stereocenters. The number of H-pyrrole nitrogens is 1. The van der Waals surface area contributed by atoms with Crippen LogP contribution in [0.2, 0.25) is 5.02 Å². The van der Waals surface area contributed by atoms with Crippen LogP contribution in [0.1, 0.15) is 12.5 Å². The number of aromatic amines is 1. The van der Waals surface area contributed by atoms with E-state index in [-0.39, 0.29) is 0 Å². The molecule has 0 fully saturated rings. The van der Waals surface area contributed by atoms with E-state index < -0.39 is 5.97 Å². The Morgan fingerprint density at radius 1 is 1.50 bits per heavy atom. The molecule has 1 heterocycles. The van der Waals surface area contributed by atoms with Crippen molar-refractivity contribution in [3.05, 3.63) is 41.1 Å². The first kappa shape index (κ1) is 10.8. The van der Waals surface area contributed by atoms with Gasteiger partial charge in [0.1, 0.15) is 0 Å². The maximum Gasteiger partial charge on any atom is 0.328 e. The summed E-state index contributed by atoms with van der Waals surface area (Å²) in [5.74, 6) is -0.950. The Hall–Kier alpha value is -1.74. The molecule has 4 heteroatoms. The first-order chi connectivity index (χ1) is 7.58. The molecule has 0 bridgehead atoms. The third-order valence-electron chi connectivity index (χ3n) is 2.41. The van der Waals surface area contributed by atoms with Crippen molar-refractivity contribution in [1.82, 2.24) is 4.98 Å². The summed E-state index contributed by atoms with van der Waals surface area (Å²) in [4.78, 5) is 13.7. The van der Waals surface area contributed by atoms with Crippen molar-refractivity contribution >= 4 is 34.0 Å². The molecule has 1 aromatic heterocycles. The minimum Gasteiger partial charge on any atom is -0.478 e. The van der Waals surface area contributed by atoms with Gasteiger partial charge in [-0.25, -0.2) is 4.79 Å². The van der Waals surface area contributed by atoms with Crippen molar-refractivity contribution in [2.75, 3.05) is 0 Å². The topological polar surface area (TPSA) is 53.1 Å². The minimum absolute atomic E-state index is 0.636. The molecular weight excluding hydrogens is 226 g/mol. The highest BCUT2D eigenvalue weighted by molar-refractivity contribution is 6.31. The molecule has 82 valence electrons. The zero-order valence-electron chi connectivity index (χ0n) is 8.62. The van der Waals surface area contributed by atoms with Gasteiger partial charge in [-0.2, -0.15) is 0 Å². The predicted octanol–water partition coefficient (Wildman–Crippen LogP) is 3.31. The molecule has 0 aliphatic heterocycles. The maximum absolute atomic E-state index is 10.6. The summed E-state index contributed by atoms with van der Waals surface area (Å²) < 4.78 is 0. The van der Waals surface area contributed by atoms with Crippen LogP contribution in [0.4, 0.5) is 0 Å². The quantitative estimate of drug-likeness (QED) is 0.785. The van der Waals surface area contributed by atoms with Crippen LogP contribution >= 0.6 is 11.6 Å². The monoisotopic (exact) mass is 235 g/mol. The second kappa shape index (κ2) is 4.02. The Balaban J connectivity index is 2.61. The van der Waals surface area contributed by atoms with Crippen LogP contribution in [0.25, 0.3) is 16.5 Å². The van der Waals surface area contributed by atoms with Gasteiger partial charge in [-0.3, -0.25) is 0 Å². The third-order valence-corrected chi connectivity index (χ3v) is 2.64. The molecule has 0 saturated carbocycles. The molecule has 1 aromatic carbocycles. The average Bonchev–Trinajstić information content (AvgIpc) is 2.59. The van der Waals surface area contributed by atoms with Gasteiger partial charge in [0.2, 0.25) is 0 Å². The smallest absolute Gasteiger partial charge is 0.328 e. The van der Waals surface area contributed by atoms with Crippen molar-refractivity contribution in [2.24, 2.45) is 0 Å². The fourth-order valence-corrected chi connectivity index (χ4v) is 1.85. The first-order valence-electron chi connectivity index (χ1n) is 4.76. The predicted molar refractivity (Wildman–Crippen MR) is 64.6 cm³/mol. The molecule has 0 aliphatic rings. The van der Waals surface area contributed by atoms with Gasteiger partial charge in [0.25, 0.3) is 0 Å². The van der Waals surface area contributed by atoms with Gasteiger partial charge in [0.15, 0.2) is 0 Å². The van der Waals surface area contributed by atoms with Crippen molar-refractivity contribution in [3.63, 3.8) is 0 Å². The standard InChI is InChI=1S/C12H10ClNO2/c1-7(4-12(15)16)10-6-14-11-3-2-8(13)5-9(10)11/h2-6,14H,1H3,(H,15,16)/b7-4+. The molecule has 16 heavy (non-hydrogen) atoms. The first-order valence-corrected chi connectivity index (χ1v) is 5.14. The van der Waals surface area contributed by atoms with Crippen molar-refractivity contribution in [2.45, 2.75) is 6.92 Å². The number of allylic oxidation sites excluding steroid dienone is 1. The van der Waals surface area contributed by atoms with Gasteiger partial charge in [-0.1, -0.05) is 11.6 Å². The Labute approximate surface area is 97.4 Å². The Morgan fingerprint density at radius 3 is 2.94 bits per heavy atom. The van der Waals surface area contributed by atoms with Gasteiger partial charge in [-0.15, -0.1) is 0 Å². The summed E-state index contributed by atoms with van der Waals surface area (Å²) in [6.07, 6.45) is 2.97. The number of halogens is 1. The van der Waals surface area contributed by atoms with E-state index in [1.54, 1.807) is 19.2 Å². The van der Waals surface area contributed by atoms with E-state index in [9.17, 15) is 4.79 Å². The Kier molecular flexibility index (Phi) is 2.71. The molecule has 2 rings (SSSR count). The molecule has 0 radical (unpaired) electrons. The zero-order valence-corrected chi connectivity index (χ0v) is 9.38. The maximum atomic E-state index is 10.6. The molecule has 0 saturated heterocycles. The highest BCUT2D eigenvalue weighted by atomic mass is 35.5. The van der Waals surface area contributed by atoms with Gasteiger partial charge < -0.3 is 10.1 Å². The summed E-state index contributed by atoms with van der Waals surface area (Å²) in [5, 5.41) is 10.3. The molecule has 3 nitrogen and oxygen atoms in total. The third kappa shape index (κ3) is 1.95. The van der Waals surface area contributed by atoms with E-state index in [4.69, 9.17) is 16.7 Å². The number of fused-ring (bicyclic) bond motifs is 1. The van der Waals surface area contributed by atoms with E-state index in [2.05, 4.69) is 4.98 Å². The van der Waals surface area contributed by atoms with E-state index in [1.807, 2.05) is 12.1 Å². The molecular formula is C12H10ClNO2. The van der Waals surface area contributed by atoms with Crippen LogP contribution < -0.4 is 0 Å². The number of hydrogen-bond donors (Lipinski definition) is 2. The highest BCUT2D eigenvalue weighted by Gasteiger charge is 2.06. The summed E-state index contributed by atoms with van der Waals surface area (Å²) in [6.45, 7) is 1.76. The fourth-order valence-electron chi connectivity index (χ4n) is 1.68. The summed E-state index contributed by atoms with van der Waals surface area (Å²) in [7, 11) is 0. The number of carboxylic acid groups (broad SMARTS) is 1. The molecule has 2 aromatic rings. The second-order valence-electron chi connectivity index (χ2n) is 3.56. The van der Waals surface area contributed by atoms with Crippen LogP contribution in [0, 0.1) is 0 Å². The van der Waals surface area contributed by atoms with Crippen LogP contribution in [-0.2, 0) is 4.79 Å². The molecule has 0 atom stereocenters. The molecule has 0 aliphatic carbocycles. The minimum atomic E-state index is -0.950. The largest absolute Gasteiger partial charge is 0.478 e. The normalized spacial score (nSPS) is 12.0. The van der Waals surface area contributed by atoms with Crippen molar-refractivity contribution < 1.29 is 9.90 Å². The van der Waals surface area contributed by atoms with E-state index in [0.717, 1.165) is 16.5 Å². The second-order valence-corrected chi connectivity index (χ2v) is 3.99. The summed E-state index contributed by atoms with van der Waals surface area (Å²) in [6, 6.07) is 5.48. The SMILES string of the molecule is C/C(=C\C(=O)O)c1c[nH]c2ccc(Cl)cc12. The number of carboxylic acids is 1. The summed E-state index contributed by atoms with van der Waals surface area (Å²) in [5.41, 5.74) is 2.50. The van der Waals surface area contributed by atoms with Gasteiger partial charge in [0.05, 0.1) is 0 Å². The molecule has 0 spiro atoms. The fraction of sp³-hybridized carbons (Fsp3) is 0.0833. The van der Waals surface area contributed by atoms with Crippen LogP contribution in [0.15, 0.2) is 30.5 Å². The lowest BCUT2D eigenvalue weighted by atomic mass is 10.1. The number of benzene rings is 1. The van der Waals surface area contributed by atoms with E-state index in [1.165, 1.54) is 6.08 Å². The van der Waals surface area contributed by atoms with Crippen LogP contribution in [0.5, 0.6) is 0 Å². The van der Waals surface area contributed by atoms with Gasteiger partial charge in [0, 0.05) is 33.8 Å². The number of aliphatic carboxylic acids is 1. The number of hydrogen-bond acceptors (Lipinski definition) is 1. The number of carbonyl (C=O) groups is 1. The lowest BCUT2D eigenvalue weighted by Crippen LogP contribution is -1.89. The van der Waals surface area contributed by atoms with Crippen molar-refractivity contribution in [3.8, 4) is 0 Å². The lowest BCUT2D eigenvalue weighted by molar-refractivity contribution is -0.131. The van der Waals surface area contributed by atoms with Gasteiger partial charge in [-0.05, 0) is 30.7 Å². The summed E-state index contributed by atoms with van der Waals surface area (Å²) >= 11 is 5.91. The average molecular weight is 236 g/mol. The lowest BCUT2D eigenvalue weighted by Gasteiger charge is -1.98. The van der Waals surface area contributed by atoms with E-state index in [0.29, 0.717) is 10.6 Å². The Morgan fingerprint density at radius 2 is 2.25 bits per heavy atom. The molecule has 2 N–H and O–H groups in total. The zero-order chi connectivity index (χ0) is 11.7. The van der Waals surface area contributed by atoms with Gasteiger partial charge >= 0.3 is 5.97 Å². The van der Waals surface area contributed by atoms with Crippen LogP contribution in [0.3, 0.4) is 0 Å². The highest BCUT2D eigenvalue weighted by Crippen LogP contribution is 2.27. The van der Waals surface area contributed by atoms with Crippen LogP contribution in [-0.4, -0.2) is 16.1 Å². The Bertz CT molecular complexity index is 584.